The highest BCUT2D eigenvalue weighted by Crippen LogP contribution is 2.34. The minimum absolute atomic E-state index is 0.0914. The van der Waals surface area contributed by atoms with E-state index in [1.807, 2.05) is 85.8 Å². The Morgan fingerprint density at radius 3 is 2.48 bits per heavy atom. The van der Waals surface area contributed by atoms with Crippen LogP contribution in [0, 0.1) is 6.92 Å². The Balaban J connectivity index is 1.72. The molecule has 144 valence electrons. The molecule has 0 aliphatic carbocycles. The first-order valence-corrected chi connectivity index (χ1v) is 9.58. The van der Waals surface area contributed by atoms with Gasteiger partial charge in [-0.1, -0.05) is 78.4 Å². The van der Waals surface area contributed by atoms with Crippen LogP contribution in [-0.4, -0.2) is 16.0 Å². The first-order valence-electron chi connectivity index (χ1n) is 9.58. The summed E-state index contributed by atoms with van der Waals surface area (Å²) in [6.45, 7) is 2.02. The van der Waals surface area contributed by atoms with Gasteiger partial charge in [0.25, 0.3) is 0 Å². The number of aromatic nitrogens is 1. The highest BCUT2D eigenvalue weighted by Gasteiger charge is 2.22. The number of rotatable bonds is 5. The van der Waals surface area contributed by atoms with E-state index in [0.717, 1.165) is 22.1 Å². The van der Waals surface area contributed by atoms with Crippen molar-refractivity contribution in [1.82, 2.24) is 10.3 Å². The molecule has 0 bridgehead atoms. The van der Waals surface area contributed by atoms with Crippen LogP contribution in [0.15, 0.2) is 85.1 Å². The molecule has 0 aliphatic heterocycles. The number of amides is 1. The minimum Gasteiger partial charge on any atom is -0.505 e. The van der Waals surface area contributed by atoms with Crippen LogP contribution in [0.5, 0.6) is 5.75 Å². The Kier molecular flexibility index (Phi) is 5.25. The van der Waals surface area contributed by atoms with Crippen molar-refractivity contribution >= 4 is 16.8 Å². The molecule has 0 saturated heterocycles. The van der Waals surface area contributed by atoms with E-state index in [9.17, 15) is 9.90 Å². The van der Waals surface area contributed by atoms with Crippen LogP contribution in [0.25, 0.3) is 10.9 Å². The number of nitrogens with zero attached hydrogens (tertiary/aromatic N) is 1. The molecule has 2 N–H and O–H groups in total. The minimum atomic E-state index is -0.474. The fourth-order valence-corrected chi connectivity index (χ4v) is 3.47. The SMILES string of the molecule is Cc1ccc([C@@H](NC(=O)Cc2ccccc2)c2ccc3cccnc3c2O)cc1. The maximum atomic E-state index is 12.8. The molecule has 4 aromatic rings. The van der Waals surface area contributed by atoms with E-state index in [-0.39, 0.29) is 18.1 Å². The first kappa shape index (κ1) is 18.7. The van der Waals surface area contributed by atoms with E-state index in [1.165, 1.54) is 0 Å². The van der Waals surface area contributed by atoms with Gasteiger partial charge in [-0.25, -0.2) is 0 Å². The van der Waals surface area contributed by atoms with Crippen molar-refractivity contribution in [3.8, 4) is 5.75 Å². The zero-order valence-electron chi connectivity index (χ0n) is 16.2. The third kappa shape index (κ3) is 4.11. The lowest BCUT2D eigenvalue weighted by atomic mass is 9.95. The summed E-state index contributed by atoms with van der Waals surface area (Å²) in [6.07, 6.45) is 1.93. The monoisotopic (exact) mass is 382 g/mol. The van der Waals surface area contributed by atoms with E-state index in [0.29, 0.717) is 11.1 Å². The van der Waals surface area contributed by atoms with E-state index >= 15 is 0 Å². The zero-order valence-corrected chi connectivity index (χ0v) is 16.2. The summed E-state index contributed by atoms with van der Waals surface area (Å²) in [5.74, 6) is -0.0176. The fraction of sp³-hybridized carbons (Fsp3) is 0.120. The van der Waals surface area contributed by atoms with E-state index < -0.39 is 6.04 Å². The maximum Gasteiger partial charge on any atom is 0.225 e. The summed E-state index contributed by atoms with van der Waals surface area (Å²) in [5.41, 5.74) is 4.13. The Bertz CT molecular complexity index is 1140. The highest BCUT2D eigenvalue weighted by molar-refractivity contribution is 5.86. The normalized spacial score (nSPS) is 11.9. The first-order chi connectivity index (χ1) is 14.1. The van der Waals surface area contributed by atoms with Gasteiger partial charge in [0.1, 0.15) is 11.3 Å². The van der Waals surface area contributed by atoms with Crippen LogP contribution < -0.4 is 5.32 Å². The molecule has 1 aromatic heterocycles. The molecule has 0 aliphatic rings. The third-order valence-electron chi connectivity index (χ3n) is 5.01. The Labute approximate surface area is 169 Å². The van der Waals surface area contributed by atoms with Crippen LogP contribution in [0.1, 0.15) is 28.3 Å². The van der Waals surface area contributed by atoms with Crippen LogP contribution in [0.4, 0.5) is 0 Å². The van der Waals surface area contributed by atoms with Gasteiger partial charge in [0, 0.05) is 17.1 Å². The average molecular weight is 382 g/mol. The molecule has 0 spiro atoms. The van der Waals surface area contributed by atoms with Crippen molar-refractivity contribution < 1.29 is 9.90 Å². The number of pyridine rings is 1. The van der Waals surface area contributed by atoms with Crippen molar-refractivity contribution in [2.45, 2.75) is 19.4 Å². The summed E-state index contributed by atoms with van der Waals surface area (Å²) in [7, 11) is 0. The molecule has 29 heavy (non-hydrogen) atoms. The van der Waals surface area contributed by atoms with Crippen molar-refractivity contribution in [2.75, 3.05) is 0 Å². The summed E-state index contributed by atoms with van der Waals surface area (Å²) in [6, 6.07) is 24.6. The van der Waals surface area contributed by atoms with Crippen molar-refractivity contribution in [3.63, 3.8) is 0 Å². The Morgan fingerprint density at radius 2 is 1.72 bits per heavy atom. The summed E-state index contributed by atoms with van der Waals surface area (Å²) in [4.78, 5) is 17.1. The molecule has 4 heteroatoms. The van der Waals surface area contributed by atoms with E-state index in [1.54, 1.807) is 6.20 Å². The number of carbonyl (C=O) groups is 1. The van der Waals surface area contributed by atoms with E-state index in [4.69, 9.17) is 0 Å². The van der Waals surface area contributed by atoms with Gasteiger partial charge in [-0.2, -0.15) is 0 Å². The number of nitrogens with one attached hydrogen (secondary N) is 1. The largest absolute Gasteiger partial charge is 0.505 e. The summed E-state index contributed by atoms with van der Waals surface area (Å²) in [5, 5.41) is 14.9. The van der Waals surface area contributed by atoms with Gasteiger partial charge in [-0.15, -0.1) is 0 Å². The molecule has 1 atom stereocenters. The van der Waals surface area contributed by atoms with Crippen molar-refractivity contribution in [1.29, 1.82) is 0 Å². The van der Waals surface area contributed by atoms with Gasteiger partial charge < -0.3 is 10.4 Å². The molecule has 1 amide bonds. The van der Waals surface area contributed by atoms with Crippen molar-refractivity contribution in [3.05, 3.63) is 107 Å². The van der Waals surface area contributed by atoms with Gasteiger partial charge in [-0.3, -0.25) is 9.78 Å². The van der Waals surface area contributed by atoms with Crippen molar-refractivity contribution in [2.24, 2.45) is 0 Å². The second kappa shape index (κ2) is 8.15. The number of hydrogen-bond donors (Lipinski definition) is 2. The van der Waals surface area contributed by atoms with Crippen LogP contribution in [0.2, 0.25) is 0 Å². The topological polar surface area (TPSA) is 62.2 Å². The quantitative estimate of drug-likeness (QED) is 0.526. The number of carbonyl (C=O) groups excluding carboxylic acids is 1. The molecular formula is C25H22N2O2. The van der Waals surface area contributed by atoms with Gasteiger partial charge in [-0.05, 0) is 24.1 Å². The number of aryl methyl sites for hydroxylation is 1. The number of phenols is 1. The Morgan fingerprint density at radius 1 is 0.966 bits per heavy atom. The molecule has 0 fully saturated rings. The van der Waals surface area contributed by atoms with E-state index in [2.05, 4.69) is 10.3 Å². The number of hydrogen-bond acceptors (Lipinski definition) is 3. The molecular weight excluding hydrogens is 360 g/mol. The zero-order chi connectivity index (χ0) is 20.2. The van der Waals surface area contributed by atoms with Crippen LogP contribution in [-0.2, 0) is 11.2 Å². The molecule has 0 unspecified atom stereocenters. The lowest BCUT2D eigenvalue weighted by Crippen LogP contribution is -2.30. The number of aromatic hydroxyl groups is 1. The maximum absolute atomic E-state index is 12.8. The summed E-state index contributed by atoms with van der Waals surface area (Å²) < 4.78 is 0. The molecule has 0 radical (unpaired) electrons. The van der Waals surface area contributed by atoms with Crippen LogP contribution in [0.3, 0.4) is 0 Å². The predicted octanol–water partition coefficient (Wildman–Crippen LogP) is 4.70. The Hall–Kier alpha value is -3.66. The molecule has 4 rings (SSSR count). The predicted molar refractivity (Wildman–Crippen MR) is 115 cm³/mol. The molecule has 4 nitrogen and oxygen atoms in total. The second-order valence-corrected chi connectivity index (χ2v) is 7.15. The van der Waals surface area contributed by atoms with Gasteiger partial charge in [0.2, 0.25) is 5.91 Å². The number of fused-ring (bicyclic) bond motifs is 1. The standard InChI is InChI=1S/C25H22N2O2/c1-17-9-11-20(12-10-17)23(27-22(28)16-18-6-3-2-4-7-18)21-14-13-19-8-5-15-26-24(19)25(21)29/h2-15,23,29H,16H2,1H3,(H,27,28)/t23-/m1/s1. The fourth-order valence-electron chi connectivity index (χ4n) is 3.47. The van der Waals surface area contributed by atoms with Crippen LogP contribution >= 0.6 is 0 Å². The van der Waals surface area contributed by atoms with Gasteiger partial charge in [0.15, 0.2) is 0 Å². The van der Waals surface area contributed by atoms with Gasteiger partial charge >= 0.3 is 0 Å². The number of benzene rings is 3. The summed E-state index contributed by atoms with van der Waals surface area (Å²) >= 11 is 0. The molecule has 1 heterocycles. The average Bonchev–Trinajstić information content (AvgIpc) is 2.74. The lowest BCUT2D eigenvalue weighted by molar-refractivity contribution is -0.120. The second-order valence-electron chi connectivity index (χ2n) is 7.15. The number of phenolic OH excluding ortho intramolecular Hbond substituents is 1. The molecule has 3 aromatic carbocycles. The third-order valence-corrected chi connectivity index (χ3v) is 5.01. The smallest absolute Gasteiger partial charge is 0.225 e. The van der Waals surface area contributed by atoms with Gasteiger partial charge in [0.05, 0.1) is 12.5 Å². The lowest BCUT2D eigenvalue weighted by Gasteiger charge is -2.22. The molecule has 0 saturated carbocycles. The highest BCUT2D eigenvalue weighted by atomic mass is 16.3.